The van der Waals surface area contributed by atoms with Crippen LogP contribution >= 0.6 is 0 Å². The molecule has 0 fully saturated rings. The minimum Gasteiger partial charge on any atom is -0.392 e. The summed E-state index contributed by atoms with van der Waals surface area (Å²) in [4.78, 5) is 12.2. The predicted molar refractivity (Wildman–Crippen MR) is 94.1 cm³/mol. The van der Waals surface area contributed by atoms with E-state index in [0.29, 0.717) is 6.61 Å². The molecule has 0 aliphatic heterocycles. The van der Waals surface area contributed by atoms with E-state index in [4.69, 9.17) is 4.74 Å². The van der Waals surface area contributed by atoms with Crippen LogP contribution in [0.25, 0.3) is 0 Å². The lowest BCUT2D eigenvalue weighted by Gasteiger charge is -2.32. The average Bonchev–Trinajstić information content (AvgIpc) is 2.46. The Kier molecular flexibility index (Phi) is 7.43. The van der Waals surface area contributed by atoms with Gasteiger partial charge in [0.05, 0.1) is 18.8 Å². The zero-order valence-corrected chi connectivity index (χ0v) is 15.4. The number of Topliss-reactive ketones (excluding diaryl/α,β-unsaturated/α-hetero) is 1. The maximum atomic E-state index is 12.2. The summed E-state index contributed by atoms with van der Waals surface area (Å²) in [5.41, 5.74) is 0.699. The van der Waals surface area contributed by atoms with Crippen LogP contribution in [0.1, 0.15) is 53.5 Å². The third kappa shape index (κ3) is 6.44. The van der Waals surface area contributed by atoms with Crippen molar-refractivity contribution in [3.05, 3.63) is 35.9 Å². The fourth-order valence-corrected chi connectivity index (χ4v) is 2.62. The summed E-state index contributed by atoms with van der Waals surface area (Å²) >= 11 is 0. The first-order chi connectivity index (χ1) is 10.6. The molecule has 1 rings (SSSR count). The van der Waals surface area contributed by atoms with Crippen LogP contribution in [-0.4, -0.2) is 23.1 Å². The van der Waals surface area contributed by atoms with Crippen LogP contribution in [0.3, 0.4) is 0 Å². The highest BCUT2D eigenvalue weighted by molar-refractivity contribution is 5.84. The topological polar surface area (TPSA) is 46.5 Å². The predicted octanol–water partition coefficient (Wildman–Crippen LogP) is 4.23. The van der Waals surface area contributed by atoms with E-state index in [0.717, 1.165) is 5.56 Å². The van der Waals surface area contributed by atoms with Gasteiger partial charge in [-0.2, -0.15) is 0 Å². The third-order valence-electron chi connectivity index (χ3n) is 4.30. The number of rotatable bonds is 8. The van der Waals surface area contributed by atoms with Crippen molar-refractivity contribution in [2.75, 3.05) is 0 Å². The van der Waals surface area contributed by atoms with Crippen LogP contribution in [0.15, 0.2) is 30.3 Å². The van der Waals surface area contributed by atoms with Crippen molar-refractivity contribution in [1.29, 1.82) is 0 Å². The molecule has 23 heavy (non-hydrogen) atoms. The molecule has 0 amide bonds. The Labute approximate surface area is 141 Å². The molecule has 0 aliphatic carbocycles. The van der Waals surface area contributed by atoms with Gasteiger partial charge in [-0.3, -0.25) is 4.79 Å². The number of hydrogen-bond donors (Lipinski definition) is 1. The minimum atomic E-state index is -0.676. The van der Waals surface area contributed by atoms with Crippen LogP contribution in [0.5, 0.6) is 0 Å². The molecule has 0 radical (unpaired) electrons. The lowest BCUT2D eigenvalue weighted by atomic mass is 9.82. The summed E-state index contributed by atoms with van der Waals surface area (Å²) in [6, 6.07) is 10.0. The molecule has 0 bridgehead atoms. The van der Waals surface area contributed by atoms with Crippen molar-refractivity contribution >= 4 is 5.78 Å². The van der Waals surface area contributed by atoms with Gasteiger partial charge in [0.15, 0.2) is 0 Å². The first kappa shape index (κ1) is 19.9. The second-order valence-corrected chi connectivity index (χ2v) is 7.81. The molecule has 3 heteroatoms. The lowest BCUT2D eigenvalue weighted by molar-refractivity contribution is -0.130. The molecule has 0 heterocycles. The van der Waals surface area contributed by atoms with Gasteiger partial charge < -0.3 is 9.84 Å². The number of ether oxygens (including phenoxy) is 1. The Hall–Kier alpha value is -1.19. The zero-order chi connectivity index (χ0) is 17.6. The highest BCUT2D eigenvalue weighted by Crippen LogP contribution is 2.26. The Bertz CT molecular complexity index is 473. The van der Waals surface area contributed by atoms with Crippen LogP contribution in [-0.2, 0) is 16.1 Å². The maximum absolute atomic E-state index is 12.2. The van der Waals surface area contributed by atoms with Crippen molar-refractivity contribution in [1.82, 2.24) is 0 Å². The molecule has 130 valence electrons. The van der Waals surface area contributed by atoms with Gasteiger partial charge in [0.2, 0.25) is 0 Å². The van der Waals surface area contributed by atoms with Crippen LogP contribution in [0.4, 0.5) is 0 Å². The van der Waals surface area contributed by atoms with E-state index in [2.05, 4.69) is 13.8 Å². The Balaban J connectivity index is 2.66. The Morgan fingerprint density at radius 1 is 1.13 bits per heavy atom. The van der Waals surface area contributed by atoms with Gasteiger partial charge in [-0.05, 0) is 11.5 Å². The largest absolute Gasteiger partial charge is 0.392 e. The van der Waals surface area contributed by atoms with Gasteiger partial charge >= 0.3 is 0 Å². The smallest absolute Gasteiger partial charge is 0.140 e. The van der Waals surface area contributed by atoms with E-state index < -0.39 is 11.5 Å². The molecule has 0 saturated carbocycles. The normalized spacial score (nSPS) is 16.2. The van der Waals surface area contributed by atoms with E-state index in [1.807, 2.05) is 58.0 Å². The first-order valence-corrected chi connectivity index (χ1v) is 8.49. The van der Waals surface area contributed by atoms with Crippen molar-refractivity contribution in [3.8, 4) is 0 Å². The number of benzene rings is 1. The van der Waals surface area contributed by atoms with Gasteiger partial charge in [-0.15, -0.1) is 0 Å². The first-order valence-electron chi connectivity index (χ1n) is 8.49. The van der Waals surface area contributed by atoms with E-state index >= 15 is 0 Å². The van der Waals surface area contributed by atoms with E-state index in [-0.39, 0.29) is 30.1 Å². The summed E-state index contributed by atoms with van der Waals surface area (Å²) in [7, 11) is 0. The van der Waals surface area contributed by atoms with Crippen molar-refractivity contribution < 1.29 is 14.6 Å². The molecule has 1 N–H and O–H groups in total. The lowest BCUT2D eigenvalue weighted by Crippen LogP contribution is -2.38. The molecule has 3 nitrogen and oxygen atoms in total. The zero-order valence-electron chi connectivity index (χ0n) is 15.4. The second kappa shape index (κ2) is 8.60. The van der Waals surface area contributed by atoms with Crippen molar-refractivity contribution in [2.24, 2.45) is 17.3 Å². The van der Waals surface area contributed by atoms with Gasteiger partial charge in [0.25, 0.3) is 0 Å². The summed E-state index contributed by atoms with van der Waals surface area (Å²) in [6.07, 6.45) is -0.578. The standard InChI is InChI=1S/C20H32O3/c1-14(2)19(23-13-16-10-8-7-9-11-16)15(3)17(21)12-18(22)20(4,5)6/h7-11,14-15,17,19,21H,12-13H2,1-6H3/t15-,17-,19-/m0/s1. The highest BCUT2D eigenvalue weighted by Gasteiger charge is 2.31. The molecule has 1 aromatic carbocycles. The molecule has 0 saturated heterocycles. The number of ketones is 1. The number of carbonyl (C=O) groups excluding carboxylic acids is 1. The maximum Gasteiger partial charge on any atom is 0.140 e. The second-order valence-electron chi connectivity index (χ2n) is 7.81. The van der Waals surface area contributed by atoms with Gasteiger partial charge in [-0.1, -0.05) is 71.9 Å². The average molecular weight is 320 g/mol. The number of carbonyl (C=O) groups is 1. The number of hydrogen-bond acceptors (Lipinski definition) is 3. The SMILES string of the molecule is CC(C)[C@H](OCc1ccccc1)[C@@H](C)[C@@H](O)CC(=O)C(C)(C)C. The quantitative estimate of drug-likeness (QED) is 0.779. The monoisotopic (exact) mass is 320 g/mol. The molecule has 1 aromatic rings. The molecule has 0 spiro atoms. The summed E-state index contributed by atoms with van der Waals surface area (Å²) in [5.74, 6) is 0.264. The number of aliphatic hydroxyl groups excluding tert-OH is 1. The summed E-state index contributed by atoms with van der Waals surface area (Å²) in [6.45, 7) is 12.3. The fraction of sp³-hybridized carbons (Fsp3) is 0.650. The van der Waals surface area contributed by atoms with Crippen LogP contribution in [0, 0.1) is 17.3 Å². The van der Waals surface area contributed by atoms with E-state index in [1.165, 1.54) is 0 Å². The van der Waals surface area contributed by atoms with Crippen molar-refractivity contribution in [2.45, 2.75) is 66.8 Å². The fourth-order valence-electron chi connectivity index (χ4n) is 2.62. The molecular formula is C20H32O3. The van der Waals surface area contributed by atoms with Crippen LogP contribution in [0.2, 0.25) is 0 Å². The number of aliphatic hydroxyl groups is 1. The molecule has 0 unspecified atom stereocenters. The minimum absolute atomic E-state index is 0.0852. The van der Waals surface area contributed by atoms with Crippen LogP contribution < -0.4 is 0 Å². The summed E-state index contributed by atoms with van der Waals surface area (Å²) in [5, 5.41) is 10.5. The molecular weight excluding hydrogens is 288 g/mol. The highest BCUT2D eigenvalue weighted by atomic mass is 16.5. The molecule has 3 atom stereocenters. The van der Waals surface area contributed by atoms with Gasteiger partial charge in [0, 0.05) is 17.8 Å². The Morgan fingerprint density at radius 3 is 2.17 bits per heavy atom. The van der Waals surface area contributed by atoms with E-state index in [1.54, 1.807) is 0 Å². The van der Waals surface area contributed by atoms with Crippen molar-refractivity contribution in [3.63, 3.8) is 0 Å². The summed E-state index contributed by atoms with van der Waals surface area (Å²) < 4.78 is 6.07. The van der Waals surface area contributed by atoms with E-state index in [9.17, 15) is 9.90 Å². The Morgan fingerprint density at radius 2 is 1.70 bits per heavy atom. The molecule has 0 aromatic heterocycles. The van der Waals surface area contributed by atoms with Gasteiger partial charge in [-0.25, -0.2) is 0 Å². The third-order valence-corrected chi connectivity index (χ3v) is 4.30. The van der Waals surface area contributed by atoms with Gasteiger partial charge in [0.1, 0.15) is 5.78 Å². The molecule has 0 aliphatic rings.